The molecule has 18 heavy (non-hydrogen) atoms. The highest BCUT2D eigenvalue weighted by Crippen LogP contribution is 2.04. The molecule has 0 saturated carbocycles. The van der Waals surface area contributed by atoms with E-state index in [0.29, 0.717) is 29.8 Å². The molecule has 1 heterocycles. The third-order valence-electron chi connectivity index (χ3n) is 2.23. The van der Waals surface area contributed by atoms with E-state index in [1.165, 1.54) is 0 Å². The van der Waals surface area contributed by atoms with Crippen molar-refractivity contribution in [3.63, 3.8) is 0 Å². The maximum absolute atomic E-state index is 5.17. The van der Waals surface area contributed by atoms with E-state index in [4.69, 9.17) is 16.7 Å². The van der Waals surface area contributed by atoms with Crippen LogP contribution in [0.15, 0.2) is 34.9 Å². The van der Waals surface area contributed by atoms with E-state index >= 15 is 0 Å². The first-order valence-electron chi connectivity index (χ1n) is 5.63. The molecule has 2 N–H and O–H groups in total. The maximum Gasteiger partial charge on any atom is 0.228 e. The molecule has 2 aromatic rings. The van der Waals surface area contributed by atoms with Crippen molar-refractivity contribution < 1.29 is 4.52 Å². The van der Waals surface area contributed by atoms with Crippen molar-refractivity contribution in [2.75, 3.05) is 11.9 Å². The summed E-state index contributed by atoms with van der Waals surface area (Å²) in [6.07, 6.45) is 0.650. The van der Waals surface area contributed by atoms with Gasteiger partial charge in [0.05, 0.1) is 0 Å². The van der Waals surface area contributed by atoms with Crippen LogP contribution in [0.3, 0.4) is 0 Å². The number of aromatic nitrogens is 2. The summed E-state index contributed by atoms with van der Waals surface area (Å²) in [5.41, 5.74) is 0.962. The smallest absolute Gasteiger partial charge is 0.228 e. The number of rotatable bonds is 4. The van der Waals surface area contributed by atoms with Gasteiger partial charge in [-0.2, -0.15) is 4.98 Å². The van der Waals surface area contributed by atoms with E-state index < -0.39 is 0 Å². The Balaban J connectivity index is 1.72. The van der Waals surface area contributed by atoms with Gasteiger partial charge >= 0.3 is 0 Å². The number of anilines is 1. The lowest BCUT2D eigenvalue weighted by Crippen LogP contribution is -2.30. The summed E-state index contributed by atoms with van der Waals surface area (Å²) in [6.45, 7) is 2.45. The Hall–Kier alpha value is -1.95. The second-order valence-corrected chi connectivity index (χ2v) is 4.14. The molecule has 0 aliphatic heterocycles. The molecule has 0 aliphatic rings. The van der Waals surface area contributed by atoms with Crippen LogP contribution in [-0.2, 0) is 6.42 Å². The van der Waals surface area contributed by atoms with Crippen molar-refractivity contribution in [1.82, 2.24) is 15.5 Å². The minimum absolute atomic E-state index is 0.581. The molecule has 1 aromatic heterocycles. The maximum atomic E-state index is 5.17. The van der Waals surface area contributed by atoms with Gasteiger partial charge in [-0.05, 0) is 31.3 Å². The van der Waals surface area contributed by atoms with Crippen LogP contribution in [0, 0.1) is 6.92 Å². The van der Waals surface area contributed by atoms with Gasteiger partial charge in [0.1, 0.15) is 0 Å². The summed E-state index contributed by atoms with van der Waals surface area (Å²) >= 11 is 5.17. The van der Waals surface area contributed by atoms with Crippen molar-refractivity contribution in [2.45, 2.75) is 13.3 Å². The van der Waals surface area contributed by atoms with Crippen molar-refractivity contribution in [2.24, 2.45) is 0 Å². The minimum atomic E-state index is 0.581. The zero-order valence-electron chi connectivity index (χ0n) is 10.0. The molecule has 0 spiro atoms. The zero-order chi connectivity index (χ0) is 12.8. The van der Waals surface area contributed by atoms with Crippen molar-refractivity contribution in [3.05, 3.63) is 42.0 Å². The Morgan fingerprint density at radius 2 is 2.11 bits per heavy atom. The molecular weight excluding hydrogens is 248 g/mol. The lowest BCUT2D eigenvalue weighted by atomic mass is 10.3. The fraction of sp³-hybridized carbons (Fsp3) is 0.250. The van der Waals surface area contributed by atoms with Crippen LogP contribution in [0.2, 0.25) is 0 Å². The largest absolute Gasteiger partial charge is 0.362 e. The molecule has 0 atom stereocenters. The summed E-state index contributed by atoms with van der Waals surface area (Å²) in [6, 6.07) is 9.77. The predicted molar refractivity (Wildman–Crippen MR) is 73.4 cm³/mol. The summed E-state index contributed by atoms with van der Waals surface area (Å²) in [5, 5.41) is 10.5. The Morgan fingerprint density at radius 1 is 1.33 bits per heavy atom. The highest BCUT2D eigenvalue weighted by molar-refractivity contribution is 7.80. The van der Waals surface area contributed by atoms with Crippen LogP contribution >= 0.6 is 12.2 Å². The summed E-state index contributed by atoms with van der Waals surface area (Å²) in [4.78, 5) is 4.11. The number of nitrogens with one attached hydrogen (secondary N) is 2. The van der Waals surface area contributed by atoms with Crippen LogP contribution in [0.5, 0.6) is 0 Å². The molecule has 94 valence electrons. The predicted octanol–water partition coefficient (Wildman–Crippen LogP) is 1.91. The molecule has 0 bridgehead atoms. The normalized spacial score (nSPS) is 10.1. The van der Waals surface area contributed by atoms with Gasteiger partial charge in [0.15, 0.2) is 10.9 Å². The SMILES string of the molecule is Cc1noc(CCNC(=S)Nc2ccccc2)n1. The summed E-state index contributed by atoms with van der Waals surface area (Å²) in [5.74, 6) is 1.26. The molecule has 0 amide bonds. The summed E-state index contributed by atoms with van der Waals surface area (Å²) < 4.78 is 5.00. The standard InChI is InChI=1S/C12H14N4OS/c1-9-14-11(17-16-9)7-8-13-12(18)15-10-5-3-2-4-6-10/h2-6H,7-8H2,1H3,(H2,13,15,18). The highest BCUT2D eigenvalue weighted by Gasteiger charge is 2.02. The van der Waals surface area contributed by atoms with E-state index in [-0.39, 0.29) is 0 Å². The Labute approximate surface area is 111 Å². The van der Waals surface area contributed by atoms with Crippen LogP contribution in [0.1, 0.15) is 11.7 Å². The van der Waals surface area contributed by atoms with E-state index in [0.717, 1.165) is 5.69 Å². The first-order chi connectivity index (χ1) is 8.74. The molecular formula is C12H14N4OS. The Kier molecular flexibility index (Phi) is 4.25. The van der Waals surface area contributed by atoms with Gasteiger partial charge in [-0.1, -0.05) is 23.4 Å². The molecule has 0 radical (unpaired) electrons. The lowest BCUT2D eigenvalue weighted by Gasteiger charge is -2.09. The molecule has 0 unspecified atom stereocenters. The monoisotopic (exact) mass is 262 g/mol. The van der Waals surface area contributed by atoms with Crippen molar-refractivity contribution in [3.8, 4) is 0 Å². The van der Waals surface area contributed by atoms with E-state index in [1.54, 1.807) is 6.92 Å². The molecule has 0 fully saturated rings. The van der Waals surface area contributed by atoms with E-state index in [2.05, 4.69) is 20.8 Å². The number of nitrogens with zero attached hydrogens (tertiary/aromatic N) is 2. The molecule has 0 saturated heterocycles. The Morgan fingerprint density at radius 3 is 2.78 bits per heavy atom. The first kappa shape index (κ1) is 12.5. The number of benzene rings is 1. The lowest BCUT2D eigenvalue weighted by molar-refractivity contribution is 0.375. The molecule has 2 rings (SSSR count). The van der Waals surface area contributed by atoms with Gasteiger partial charge < -0.3 is 15.2 Å². The van der Waals surface area contributed by atoms with Gasteiger partial charge in [0, 0.05) is 18.7 Å². The highest BCUT2D eigenvalue weighted by atomic mass is 32.1. The van der Waals surface area contributed by atoms with Crippen LogP contribution in [-0.4, -0.2) is 21.8 Å². The second kappa shape index (κ2) is 6.11. The quantitative estimate of drug-likeness (QED) is 0.821. The molecule has 1 aromatic carbocycles. The van der Waals surface area contributed by atoms with Crippen LogP contribution < -0.4 is 10.6 Å². The van der Waals surface area contributed by atoms with Gasteiger partial charge in [0.25, 0.3) is 0 Å². The number of aryl methyl sites for hydroxylation is 1. The zero-order valence-corrected chi connectivity index (χ0v) is 10.8. The average Bonchev–Trinajstić information content (AvgIpc) is 2.76. The number of thiocarbonyl (C=S) groups is 1. The molecule has 0 aliphatic carbocycles. The fourth-order valence-electron chi connectivity index (χ4n) is 1.42. The number of hydrogen-bond donors (Lipinski definition) is 2. The fourth-order valence-corrected chi connectivity index (χ4v) is 1.64. The van der Waals surface area contributed by atoms with Gasteiger partial charge in [0.2, 0.25) is 5.89 Å². The van der Waals surface area contributed by atoms with Gasteiger partial charge in [-0.3, -0.25) is 0 Å². The minimum Gasteiger partial charge on any atom is -0.362 e. The second-order valence-electron chi connectivity index (χ2n) is 3.73. The number of hydrogen-bond acceptors (Lipinski definition) is 4. The first-order valence-corrected chi connectivity index (χ1v) is 6.04. The average molecular weight is 262 g/mol. The topological polar surface area (TPSA) is 63.0 Å². The molecule has 5 nitrogen and oxygen atoms in total. The van der Waals surface area contributed by atoms with Gasteiger partial charge in [-0.15, -0.1) is 0 Å². The third kappa shape index (κ3) is 3.81. The number of para-hydroxylation sites is 1. The van der Waals surface area contributed by atoms with Crippen LogP contribution in [0.4, 0.5) is 5.69 Å². The third-order valence-corrected chi connectivity index (χ3v) is 2.47. The van der Waals surface area contributed by atoms with Crippen molar-refractivity contribution >= 4 is 23.0 Å². The van der Waals surface area contributed by atoms with E-state index in [9.17, 15) is 0 Å². The van der Waals surface area contributed by atoms with E-state index in [1.807, 2.05) is 30.3 Å². The summed E-state index contributed by atoms with van der Waals surface area (Å²) in [7, 11) is 0. The van der Waals surface area contributed by atoms with Crippen molar-refractivity contribution in [1.29, 1.82) is 0 Å². The van der Waals surface area contributed by atoms with Crippen LogP contribution in [0.25, 0.3) is 0 Å². The van der Waals surface area contributed by atoms with Gasteiger partial charge in [-0.25, -0.2) is 0 Å². The molecule has 6 heteroatoms. The Bertz CT molecular complexity index is 512.